The van der Waals surface area contributed by atoms with Crippen molar-refractivity contribution in [3.05, 3.63) is 48.0 Å². The number of hydrogen-bond acceptors (Lipinski definition) is 5. The first-order chi connectivity index (χ1) is 17.3. The van der Waals surface area contributed by atoms with E-state index >= 15 is 0 Å². The number of benzene rings is 2. The number of thioether (sulfide) groups is 1. The molecule has 3 rings (SSSR count). The van der Waals surface area contributed by atoms with Gasteiger partial charge in [-0.1, -0.05) is 42.5 Å². The van der Waals surface area contributed by atoms with E-state index < -0.39 is 36.6 Å². The van der Waals surface area contributed by atoms with Gasteiger partial charge in [0.05, 0.1) is 11.2 Å². The van der Waals surface area contributed by atoms with Crippen molar-refractivity contribution in [2.45, 2.75) is 64.1 Å². The monoisotopic (exact) mass is 549 g/mol. The highest BCUT2D eigenvalue weighted by Crippen LogP contribution is 2.38. The van der Waals surface area contributed by atoms with E-state index in [1.54, 1.807) is 0 Å². The number of likely N-dealkylation sites (tertiary alicyclic amines) is 1. The van der Waals surface area contributed by atoms with Crippen LogP contribution in [-0.4, -0.2) is 67.8 Å². The number of nitrogens with one attached hydrogen (secondary N) is 2. The molecule has 0 radical (unpaired) electrons. The molecule has 1 aliphatic heterocycles. The van der Waals surface area contributed by atoms with E-state index in [2.05, 4.69) is 10.6 Å². The molecule has 9 nitrogen and oxygen atoms in total. The Labute approximate surface area is 221 Å². The Bertz CT molecular complexity index is 1180. The fourth-order valence-corrected chi connectivity index (χ4v) is 6.03. The number of fused-ring (bicyclic) bond motifs is 1. The standard InChI is InChI=1S/C26H36N3O6PS/c1-26(2,3)28-24(31)21(15-18-11-12-19-8-4-5-9-20(19)14-18)27-25(32)22-10-6-7-13-29(22)23(30)16-37-17-36(33,34)35/h4-5,8-9,11-12,14,21-22H,6-7,10,13,15-17H2,1-3H3,(H,27,32)(H,28,31)(H2,33,34,35). The predicted octanol–water partition coefficient (Wildman–Crippen LogP) is 3.03. The third-order valence-corrected chi connectivity index (χ3v) is 8.52. The van der Waals surface area contributed by atoms with Crippen molar-refractivity contribution in [2.24, 2.45) is 0 Å². The van der Waals surface area contributed by atoms with Crippen LogP contribution >= 0.6 is 19.4 Å². The molecule has 0 aliphatic carbocycles. The van der Waals surface area contributed by atoms with Crippen LogP contribution < -0.4 is 10.6 Å². The lowest BCUT2D eigenvalue weighted by Gasteiger charge is -2.36. The summed E-state index contributed by atoms with van der Waals surface area (Å²) in [6.45, 7) is 6.00. The Kier molecular flexibility index (Phi) is 9.80. The first kappa shape index (κ1) is 29.2. The Hall–Kier alpha value is -2.39. The molecule has 4 N–H and O–H groups in total. The van der Waals surface area contributed by atoms with Crippen molar-refractivity contribution >= 4 is 47.9 Å². The van der Waals surface area contributed by atoms with E-state index in [9.17, 15) is 18.9 Å². The van der Waals surface area contributed by atoms with Gasteiger partial charge in [-0.3, -0.25) is 18.9 Å². The lowest BCUT2D eigenvalue weighted by Crippen LogP contribution is -2.58. The molecule has 2 unspecified atom stereocenters. The van der Waals surface area contributed by atoms with Crippen molar-refractivity contribution in [2.75, 3.05) is 17.8 Å². The fourth-order valence-electron chi connectivity index (χ4n) is 4.37. The number of piperidine rings is 1. The van der Waals surface area contributed by atoms with Crippen molar-refractivity contribution in [1.82, 2.24) is 15.5 Å². The number of hydrogen-bond donors (Lipinski definition) is 4. The van der Waals surface area contributed by atoms with Crippen LogP contribution in [0.1, 0.15) is 45.6 Å². The Balaban J connectivity index is 1.76. The van der Waals surface area contributed by atoms with Gasteiger partial charge < -0.3 is 25.3 Å². The molecular formula is C26H36N3O6PS. The van der Waals surface area contributed by atoms with Gasteiger partial charge in [0.25, 0.3) is 0 Å². The molecule has 202 valence electrons. The van der Waals surface area contributed by atoms with E-state index in [-0.39, 0.29) is 24.0 Å². The molecule has 1 fully saturated rings. The van der Waals surface area contributed by atoms with Crippen LogP contribution in [0.15, 0.2) is 42.5 Å². The molecule has 2 aromatic carbocycles. The van der Waals surface area contributed by atoms with Crippen LogP contribution in [0.2, 0.25) is 0 Å². The molecule has 11 heteroatoms. The summed E-state index contributed by atoms with van der Waals surface area (Å²) in [5.74, 6) is -1.17. The fraction of sp³-hybridized carbons (Fsp3) is 0.500. The zero-order chi connectivity index (χ0) is 27.2. The number of amides is 3. The van der Waals surface area contributed by atoms with E-state index in [1.165, 1.54) is 4.90 Å². The summed E-state index contributed by atoms with van der Waals surface area (Å²) in [5.41, 5.74) is -0.0464. The van der Waals surface area contributed by atoms with Gasteiger partial charge in [-0.15, -0.1) is 11.8 Å². The second-order valence-electron chi connectivity index (χ2n) is 10.4. The average Bonchev–Trinajstić information content (AvgIpc) is 2.81. The van der Waals surface area contributed by atoms with Crippen molar-refractivity contribution < 1.29 is 28.7 Å². The molecular weight excluding hydrogens is 513 g/mol. The quantitative estimate of drug-likeness (QED) is 0.353. The van der Waals surface area contributed by atoms with E-state index in [0.717, 1.165) is 40.9 Å². The van der Waals surface area contributed by atoms with Crippen molar-refractivity contribution in [3.8, 4) is 0 Å². The summed E-state index contributed by atoms with van der Waals surface area (Å²) in [7, 11) is -4.22. The van der Waals surface area contributed by atoms with Gasteiger partial charge in [0.15, 0.2) is 0 Å². The molecule has 0 aromatic heterocycles. The third kappa shape index (κ3) is 9.14. The lowest BCUT2D eigenvalue weighted by molar-refractivity contribution is -0.141. The summed E-state index contributed by atoms with van der Waals surface area (Å²) in [6.07, 6.45) is 2.26. The molecule has 3 amide bonds. The smallest absolute Gasteiger partial charge is 0.335 e. The van der Waals surface area contributed by atoms with Crippen LogP contribution in [0.5, 0.6) is 0 Å². The number of rotatable bonds is 9. The van der Waals surface area contributed by atoms with Crippen LogP contribution in [0.4, 0.5) is 0 Å². The van der Waals surface area contributed by atoms with Crippen LogP contribution in [0.25, 0.3) is 10.8 Å². The van der Waals surface area contributed by atoms with Crippen LogP contribution in [0.3, 0.4) is 0 Å². The first-order valence-electron chi connectivity index (χ1n) is 12.3. The second kappa shape index (κ2) is 12.4. The molecule has 1 heterocycles. The van der Waals surface area contributed by atoms with E-state index in [4.69, 9.17) is 9.79 Å². The largest absolute Gasteiger partial charge is 0.350 e. The SMILES string of the molecule is CC(C)(C)NC(=O)C(Cc1ccc2ccccc2c1)NC(=O)C1CCCCN1C(=O)CSCP(=O)(O)O. The van der Waals surface area contributed by atoms with Gasteiger partial charge in [0.2, 0.25) is 17.7 Å². The third-order valence-electron chi connectivity index (χ3n) is 6.00. The zero-order valence-corrected chi connectivity index (χ0v) is 23.2. The molecule has 1 saturated heterocycles. The van der Waals surface area contributed by atoms with E-state index in [0.29, 0.717) is 13.0 Å². The Morgan fingerprint density at radius 1 is 1.11 bits per heavy atom. The van der Waals surface area contributed by atoms with Gasteiger partial charge in [-0.05, 0) is 56.4 Å². The number of nitrogens with zero attached hydrogens (tertiary/aromatic N) is 1. The summed E-state index contributed by atoms with van der Waals surface area (Å²) < 4.78 is 11.1. The molecule has 2 aromatic rings. The molecule has 0 bridgehead atoms. The van der Waals surface area contributed by atoms with Gasteiger partial charge >= 0.3 is 7.60 Å². The minimum absolute atomic E-state index is 0.125. The summed E-state index contributed by atoms with van der Waals surface area (Å²) in [6, 6.07) is 12.3. The van der Waals surface area contributed by atoms with Crippen LogP contribution in [-0.2, 0) is 25.4 Å². The average molecular weight is 550 g/mol. The summed E-state index contributed by atoms with van der Waals surface area (Å²) >= 11 is 0.853. The molecule has 0 spiro atoms. The minimum atomic E-state index is -4.22. The summed E-state index contributed by atoms with van der Waals surface area (Å²) in [4.78, 5) is 59.0. The highest BCUT2D eigenvalue weighted by Gasteiger charge is 2.35. The molecule has 1 aliphatic rings. The highest BCUT2D eigenvalue weighted by atomic mass is 32.2. The lowest BCUT2D eigenvalue weighted by atomic mass is 9.98. The Morgan fingerprint density at radius 2 is 1.81 bits per heavy atom. The minimum Gasteiger partial charge on any atom is -0.350 e. The van der Waals surface area contributed by atoms with E-state index in [1.807, 2.05) is 63.2 Å². The number of carbonyl (C=O) groups excluding carboxylic acids is 3. The topological polar surface area (TPSA) is 136 Å². The van der Waals surface area contributed by atoms with Crippen LogP contribution in [0, 0.1) is 0 Å². The van der Waals surface area contributed by atoms with Gasteiger partial charge in [0, 0.05) is 18.5 Å². The molecule has 37 heavy (non-hydrogen) atoms. The zero-order valence-electron chi connectivity index (χ0n) is 21.5. The maximum Gasteiger partial charge on any atom is 0.335 e. The van der Waals surface area contributed by atoms with Gasteiger partial charge in [-0.2, -0.15) is 0 Å². The molecule has 2 atom stereocenters. The first-order valence-corrected chi connectivity index (χ1v) is 15.3. The predicted molar refractivity (Wildman–Crippen MR) is 146 cm³/mol. The Morgan fingerprint density at radius 3 is 2.49 bits per heavy atom. The summed E-state index contributed by atoms with van der Waals surface area (Å²) in [5, 5.41) is 7.97. The van der Waals surface area contributed by atoms with Gasteiger partial charge in [-0.25, -0.2) is 0 Å². The molecule has 0 saturated carbocycles. The van der Waals surface area contributed by atoms with Gasteiger partial charge in [0.1, 0.15) is 12.1 Å². The normalized spacial score (nSPS) is 17.3. The maximum atomic E-state index is 13.4. The number of carbonyl (C=O) groups is 3. The van der Waals surface area contributed by atoms with Crippen molar-refractivity contribution in [1.29, 1.82) is 0 Å². The van der Waals surface area contributed by atoms with Crippen molar-refractivity contribution in [3.63, 3.8) is 0 Å². The maximum absolute atomic E-state index is 13.4. The highest BCUT2D eigenvalue weighted by molar-refractivity contribution is 8.04. The second-order valence-corrected chi connectivity index (χ2v) is 13.5.